The van der Waals surface area contributed by atoms with Crippen LogP contribution in [0, 0.1) is 0 Å². The number of nitrogens with zero attached hydrogens (tertiary/aromatic N) is 3. The zero-order valence-corrected chi connectivity index (χ0v) is 14.7. The van der Waals surface area contributed by atoms with Crippen molar-refractivity contribution < 1.29 is 4.79 Å². The maximum atomic E-state index is 11.8. The standard InChI is InChI=1S/C20H27N3O/c1-21(2)20(24)16-23-14-12-22(13-15-23)11-10-18-8-5-7-17-6-3-4-9-19(17)18/h3-9H,10-16H2,1-2H3. The van der Waals surface area contributed by atoms with Crippen LogP contribution in [-0.2, 0) is 11.2 Å². The van der Waals surface area contributed by atoms with Gasteiger partial charge >= 0.3 is 0 Å². The fraction of sp³-hybridized carbons (Fsp3) is 0.450. The molecule has 1 aliphatic heterocycles. The van der Waals surface area contributed by atoms with Gasteiger partial charge in [-0.3, -0.25) is 9.69 Å². The van der Waals surface area contributed by atoms with E-state index in [0.29, 0.717) is 6.54 Å². The van der Waals surface area contributed by atoms with Crippen molar-refractivity contribution in [3.63, 3.8) is 0 Å². The lowest BCUT2D eigenvalue weighted by Gasteiger charge is -2.34. The van der Waals surface area contributed by atoms with Gasteiger partial charge in [-0.2, -0.15) is 0 Å². The Kier molecular flexibility index (Phi) is 5.48. The summed E-state index contributed by atoms with van der Waals surface area (Å²) in [6, 6.07) is 15.2. The van der Waals surface area contributed by atoms with Crippen LogP contribution in [0.2, 0.25) is 0 Å². The van der Waals surface area contributed by atoms with Crippen LogP contribution in [0.15, 0.2) is 42.5 Å². The summed E-state index contributed by atoms with van der Waals surface area (Å²) in [5.41, 5.74) is 1.43. The van der Waals surface area contributed by atoms with Crippen molar-refractivity contribution in [1.29, 1.82) is 0 Å². The molecule has 2 aromatic rings. The Morgan fingerprint density at radius 2 is 1.62 bits per heavy atom. The van der Waals surface area contributed by atoms with Crippen LogP contribution in [0.25, 0.3) is 10.8 Å². The molecule has 1 saturated heterocycles. The molecular formula is C20H27N3O. The van der Waals surface area contributed by atoms with E-state index in [0.717, 1.165) is 39.1 Å². The Balaban J connectivity index is 1.51. The molecule has 2 aromatic carbocycles. The van der Waals surface area contributed by atoms with Crippen LogP contribution in [0.1, 0.15) is 5.56 Å². The highest BCUT2D eigenvalue weighted by Crippen LogP contribution is 2.19. The number of rotatable bonds is 5. The van der Waals surface area contributed by atoms with Crippen LogP contribution in [0.4, 0.5) is 0 Å². The second-order valence-corrected chi connectivity index (χ2v) is 6.79. The van der Waals surface area contributed by atoms with E-state index < -0.39 is 0 Å². The first-order valence-corrected chi connectivity index (χ1v) is 8.75. The van der Waals surface area contributed by atoms with Crippen LogP contribution < -0.4 is 0 Å². The molecule has 1 aliphatic rings. The predicted octanol–water partition coefficient (Wildman–Crippen LogP) is 2.09. The molecule has 1 heterocycles. The van der Waals surface area contributed by atoms with E-state index in [9.17, 15) is 4.79 Å². The van der Waals surface area contributed by atoms with Gasteiger partial charge in [0, 0.05) is 46.8 Å². The first-order valence-electron chi connectivity index (χ1n) is 8.75. The van der Waals surface area contributed by atoms with E-state index in [1.165, 1.54) is 16.3 Å². The van der Waals surface area contributed by atoms with Gasteiger partial charge in [-0.25, -0.2) is 0 Å². The Morgan fingerprint density at radius 1 is 0.958 bits per heavy atom. The Labute approximate surface area is 144 Å². The Hall–Kier alpha value is -1.91. The van der Waals surface area contributed by atoms with Crippen LogP contribution in [-0.4, -0.2) is 74.0 Å². The summed E-state index contributed by atoms with van der Waals surface area (Å²) >= 11 is 0. The first kappa shape index (κ1) is 16.9. The third-order valence-corrected chi connectivity index (χ3v) is 4.90. The van der Waals surface area contributed by atoms with Gasteiger partial charge in [0.1, 0.15) is 0 Å². The van der Waals surface area contributed by atoms with E-state index in [2.05, 4.69) is 52.3 Å². The van der Waals surface area contributed by atoms with Crippen molar-refractivity contribution >= 4 is 16.7 Å². The van der Waals surface area contributed by atoms with E-state index in [1.807, 2.05) is 14.1 Å². The lowest BCUT2D eigenvalue weighted by Crippen LogP contribution is -2.49. The molecule has 1 amide bonds. The molecule has 0 saturated carbocycles. The minimum Gasteiger partial charge on any atom is -0.348 e. The average Bonchev–Trinajstić information content (AvgIpc) is 2.61. The van der Waals surface area contributed by atoms with Crippen molar-refractivity contribution in [3.05, 3.63) is 48.0 Å². The summed E-state index contributed by atoms with van der Waals surface area (Å²) < 4.78 is 0. The van der Waals surface area contributed by atoms with E-state index in [1.54, 1.807) is 4.90 Å². The van der Waals surface area contributed by atoms with Crippen LogP contribution in [0.5, 0.6) is 0 Å². The number of likely N-dealkylation sites (N-methyl/N-ethyl adjacent to an activating group) is 1. The molecule has 4 heteroatoms. The van der Waals surface area contributed by atoms with Crippen LogP contribution >= 0.6 is 0 Å². The van der Waals surface area contributed by atoms with Crippen molar-refractivity contribution in [3.8, 4) is 0 Å². The molecule has 0 spiro atoms. The van der Waals surface area contributed by atoms with Crippen molar-refractivity contribution in [1.82, 2.24) is 14.7 Å². The zero-order chi connectivity index (χ0) is 16.9. The molecule has 3 rings (SSSR count). The molecule has 0 unspecified atom stereocenters. The number of benzene rings is 2. The second-order valence-electron chi connectivity index (χ2n) is 6.79. The lowest BCUT2D eigenvalue weighted by atomic mass is 10.0. The molecular weight excluding hydrogens is 298 g/mol. The fourth-order valence-electron chi connectivity index (χ4n) is 3.29. The normalized spacial score (nSPS) is 16.4. The van der Waals surface area contributed by atoms with Gasteiger partial charge in [-0.05, 0) is 22.8 Å². The van der Waals surface area contributed by atoms with Crippen molar-refractivity contribution in [2.75, 3.05) is 53.4 Å². The van der Waals surface area contributed by atoms with Crippen molar-refractivity contribution in [2.24, 2.45) is 0 Å². The van der Waals surface area contributed by atoms with Gasteiger partial charge in [-0.1, -0.05) is 42.5 Å². The highest BCUT2D eigenvalue weighted by molar-refractivity contribution is 5.85. The Morgan fingerprint density at radius 3 is 2.38 bits per heavy atom. The van der Waals surface area contributed by atoms with Crippen LogP contribution in [0.3, 0.4) is 0 Å². The molecule has 0 aliphatic carbocycles. The molecule has 4 nitrogen and oxygen atoms in total. The molecule has 0 aromatic heterocycles. The van der Waals surface area contributed by atoms with Gasteiger partial charge in [0.25, 0.3) is 0 Å². The van der Waals surface area contributed by atoms with E-state index in [4.69, 9.17) is 0 Å². The van der Waals surface area contributed by atoms with Gasteiger partial charge in [0.05, 0.1) is 6.54 Å². The number of carbonyl (C=O) groups is 1. The Bertz CT molecular complexity index is 685. The quantitative estimate of drug-likeness (QED) is 0.842. The number of fused-ring (bicyclic) bond motifs is 1. The minimum absolute atomic E-state index is 0.194. The highest BCUT2D eigenvalue weighted by atomic mass is 16.2. The third kappa shape index (κ3) is 4.13. The highest BCUT2D eigenvalue weighted by Gasteiger charge is 2.19. The minimum atomic E-state index is 0.194. The largest absolute Gasteiger partial charge is 0.348 e. The molecule has 1 fully saturated rings. The van der Waals surface area contributed by atoms with E-state index in [-0.39, 0.29) is 5.91 Å². The summed E-state index contributed by atoms with van der Waals surface area (Å²) in [5.74, 6) is 0.194. The topological polar surface area (TPSA) is 26.8 Å². The second kappa shape index (κ2) is 7.77. The summed E-state index contributed by atoms with van der Waals surface area (Å²) in [7, 11) is 3.64. The summed E-state index contributed by atoms with van der Waals surface area (Å²) in [4.78, 5) is 18.2. The molecule has 0 N–H and O–H groups in total. The zero-order valence-electron chi connectivity index (χ0n) is 14.7. The van der Waals surface area contributed by atoms with Gasteiger partial charge in [0.2, 0.25) is 5.91 Å². The van der Waals surface area contributed by atoms with Gasteiger partial charge in [0.15, 0.2) is 0 Å². The number of amides is 1. The maximum absolute atomic E-state index is 11.8. The SMILES string of the molecule is CN(C)C(=O)CN1CCN(CCc2cccc3ccccc23)CC1. The lowest BCUT2D eigenvalue weighted by molar-refractivity contribution is -0.130. The molecule has 0 bridgehead atoms. The fourth-order valence-corrected chi connectivity index (χ4v) is 3.29. The molecule has 128 valence electrons. The predicted molar refractivity (Wildman–Crippen MR) is 99.2 cm³/mol. The van der Waals surface area contributed by atoms with Crippen molar-refractivity contribution in [2.45, 2.75) is 6.42 Å². The number of carbonyl (C=O) groups excluding carboxylic acids is 1. The number of piperazine rings is 1. The van der Waals surface area contributed by atoms with Gasteiger partial charge < -0.3 is 9.80 Å². The average molecular weight is 325 g/mol. The molecule has 24 heavy (non-hydrogen) atoms. The number of hydrogen-bond donors (Lipinski definition) is 0. The molecule has 0 radical (unpaired) electrons. The smallest absolute Gasteiger partial charge is 0.236 e. The van der Waals surface area contributed by atoms with E-state index >= 15 is 0 Å². The first-order chi connectivity index (χ1) is 11.6. The monoisotopic (exact) mass is 325 g/mol. The maximum Gasteiger partial charge on any atom is 0.236 e. The summed E-state index contributed by atoms with van der Waals surface area (Å²) in [6.45, 7) is 5.69. The van der Waals surface area contributed by atoms with Gasteiger partial charge in [-0.15, -0.1) is 0 Å². The summed E-state index contributed by atoms with van der Waals surface area (Å²) in [5, 5.41) is 2.69. The third-order valence-electron chi connectivity index (χ3n) is 4.90. The summed E-state index contributed by atoms with van der Waals surface area (Å²) in [6.07, 6.45) is 1.08. The number of hydrogen-bond acceptors (Lipinski definition) is 3. The molecule has 0 atom stereocenters.